The first-order valence-electron chi connectivity index (χ1n) is 9.49. The van der Waals surface area contributed by atoms with Gasteiger partial charge in [-0.3, -0.25) is 4.90 Å². The second-order valence-electron chi connectivity index (χ2n) is 7.73. The summed E-state index contributed by atoms with van der Waals surface area (Å²) in [6, 6.07) is 10.2. The molecule has 1 spiro atoms. The number of fused-ring (bicyclic) bond motifs is 6. The van der Waals surface area contributed by atoms with Gasteiger partial charge in [0.05, 0.1) is 13.2 Å². The zero-order chi connectivity index (χ0) is 15.3. The summed E-state index contributed by atoms with van der Waals surface area (Å²) in [5, 5.41) is 0. The van der Waals surface area contributed by atoms with Crippen LogP contribution in [0.4, 0.5) is 0 Å². The van der Waals surface area contributed by atoms with Gasteiger partial charge < -0.3 is 9.47 Å². The molecule has 3 aliphatic heterocycles. The summed E-state index contributed by atoms with van der Waals surface area (Å²) in [5.74, 6) is 0.257. The van der Waals surface area contributed by atoms with Gasteiger partial charge in [-0.05, 0) is 36.8 Å². The maximum absolute atomic E-state index is 6.39. The Morgan fingerprint density at radius 2 is 1.83 bits per heavy atom. The van der Waals surface area contributed by atoms with Gasteiger partial charge in [-0.2, -0.15) is 0 Å². The topological polar surface area (TPSA) is 21.7 Å². The summed E-state index contributed by atoms with van der Waals surface area (Å²) in [6.07, 6.45) is 8.56. The molecule has 1 aromatic rings. The molecule has 3 atom stereocenters. The quantitative estimate of drug-likeness (QED) is 0.729. The summed E-state index contributed by atoms with van der Waals surface area (Å²) in [5.41, 5.74) is 3.06. The number of ether oxygens (including phenoxy) is 2. The van der Waals surface area contributed by atoms with Crippen LogP contribution in [-0.4, -0.2) is 36.5 Å². The minimum absolute atomic E-state index is 0.311. The molecule has 3 heteroatoms. The van der Waals surface area contributed by atoms with E-state index in [-0.39, 0.29) is 5.79 Å². The summed E-state index contributed by atoms with van der Waals surface area (Å²) in [7, 11) is 0. The van der Waals surface area contributed by atoms with Gasteiger partial charge in [-0.25, -0.2) is 0 Å². The van der Waals surface area contributed by atoms with Crippen LogP contribution in [0.3, 0.4) is 0 Å². The lowest BCUT2D eigenvalue weighted by Crippen LogP contribution is -2.64. The lowest BCUT2D eigenvalue weighted by molar-refractivity contribution is -0.331. The molecule has 0 radical (unpaired) electrons. The highest BCUT2D eigenvalue weighted by Gasteiger charge is 2.56. The number of hydrogen-bond acceptors (Lipinski definition) is 3. The van der Waals surface area contributed by atoms with Crippen molar-refractivity contribution in [3.05, 3.63) is 35.4 Å². The lowest BCUT2D eigenvalue weighted by atomic mass is 9.69. The Morgan fingerprint density at radius 3 is 2.74 bits per heavy atom. The number of hydrogen-bond donors (Lipinski definition) is 0. The van der Waals surface area contributed by atoms with E-state index in [1.807, 2.05) is 0 Å². The predicted molar refractivity (Wildman–Crippen MR) is 89.2 cm³/mol. The minimum atomic E-state index is -0.311. The Hall–Kier alpha value is -0.900. The third-order valence-electron chi connectivity index (χ3n) is 6.63. The number of piperidine rings is 1. The van der Waals surface area contributed by atoms with Crippen LogP contribution in [-0.2, 0) is 15.9 Å². The molecule has 1 saturated carbocycles. The van der Waals surface area contributed by atoms with Gasteiger partial charge in [0.2, 0.25) is 0 Å². The molecular weight excluding hydrogens is 286 g/mol. The molecule has 23 heavy (non-hydrogen) atoms. The summed E-state index contributed by atoms with van der Waals surface area (Å²) in [4.78, 5) is 2.80. The van der Waals surface area contributed by atoms with E-state index >= 15 is 0 Å². The molecule has 124 valence electrons. The Morgan fingerprint density at radius 1 is 1.00 bits per heavy atom. The molecule has 5 rings (SSSR count). The molecule has 3 nitrogen and oxygen atoms in total. The molecule has 3 fully saturated rings. The molecule has 3 heterocycles. The van der Waals surface area contributed by atoms with Crippen LogP contribution in [0.15, 0.2) is 24.3 Å². The van der Waals surface area contributed by atoms with Crippen molar-refractivity contribution in [2.75, 3.05) is 19.8 Å². The van der Waals surface area contributed by atoms with E-state index in [1.165, 1.54) is 49.8 Å². The van der Waals surface area contributed by atoms with Crippen LogP contribution in [0, 0.1) is 5.92 Å². The van der Waals surface area contributed by atoms with Crippen molar-refractivity contribution in [2.45, 2.75) is 62.8 Å². The Balaban J connectivity index is 1.56. The van der Waals surface area contributed by atoms with E-state index in [0.717, 1.165) is 26.1 Å². The molecule has 0 N–H and O–H groups in total. The second-order valence-corrected chi connectivity index (χ2v) is 7.73. The van der Waals surface area contributed by atoms with Crippen LogP contribution in [0.5, 0.6) is 0 Å². The van der Waals surface area contributed by atoms with Crippen LogP contribution >= 0.6 is 0 Å². The maximum Gasteiger partial charge on any atom is 0.174 e. The Labute approximate surface area is 139 Å². The van der Waals surface area contributed by atoms with E-state index in [1.54, 1.807) is 0 Å². The van der Waals surface area contributed by atoms with Crippen molar-refractivity contribution in [1.82, 2.24) is 4.90 Å². The second kappa shape index (κ2) is 5.58. The standard InChI is InChI=1S/C20H27NO2/c1-2-7-16-15(6-1)10-11-21-18-9-4-3-8-17(18)20(14-19(16)21)22-12-5-13-23-20/h1-2,6-7,17-19H,3-5,8-14H2. The van der Waals surface area contributed by atoms with E-state index in [9.17, 15) is 0 Å². The van der Waals surface area contributed by atoms with Crippen molar-refractivity contribution in [3.63, 3.8) is 0 Å². The molecule has 0 aromatic heterocycles. The molecule has 1 aromatic carbocycles. The van der Waals surface area contributed by atoms with Gasteiger partial charge in [0.15, 0.2) is 5.79 Å². The molecular formula is C20H27NO2. The highest BCUT2D eigenvalue weighted by Crippen LogP contribution is 2.53. The number of rotatable bonds is 0. The maximum atomic E-state index is 6.39. The van der Waals surface area contributed by atoms with Gasteiger partial charge in [0, 0.05) is 31.0 Å². The van der Waals surface area contributed by atoms with Crippen molar-refractivity contribution in [1.29, 1.82) is 0 Å². The third kappa shape index (κ3) is 2.20. The highest BCUT2D eigenvalue weighted by molar-refractivity contribution is 5.34. The van der Waals surface area contributed by atoms with Gasteiger partial charge >= 0.3 is 0 Å². The van der Waals surface area contributed by atoms with Crippen LogP contribution in [0.1, 0.15) is 55.7 Å². The van der Waals surface area contributed by atoms with Gasteiger partial charge in [-0.1, -0.05) is 37.1 Å². The van der Waals surface area contributed by atoms with Gasteiger partial charge in [0.1, 0.15) is 0 Å². The van der Waals surface area contributed by atoms with Crippen molar-refractivity contribution in [2.24, 2.45) is 5.92 Å². The molecule has 3 unspecified atom stereocenters. The first-order valence-corrected chi connectivity index (χ1v) is 9.49. The fourth-order valence-electron chi connectivity index (χ4n) is 5.66. The van der Waals surface area contributed by atoms with Gasteiger partial charge in [0.25, 0.3) is 0 Å². The summed E-state index contributed by atoms with van der Waals surface area (Å²) in [6.45, 7) is 2.95. The lowest BCUT2D eigenvalue weighted by Gasteiger charge is -2.59. The van der Waals surface area contributed by atoms with E-state index in [2.05, 4.69) is 29.2 Å². The highest BCUT2D eigenvalue weighted by atomic mass is 16.7. The molecule has 0 amide bonds. The average Bonchev–Trinajstić information content (AvgIpc) is 2.63. The number of benzene rings is 1. The fraction of sp³-hybridized carbons (Fsp3) is 0.700. The van der Waals surface area contributed by atoms with E-state index < -0.39 is 0 Å². The Bertz CT molecular complexity index is 581. The molecule has 4 aliphatic rings. The fourth-order valence-corrected chi connectivity index (χ4v) is 5.66. The van der Waals surface area contributed by atoms with E-state index in [4.69, 9.17) is 9.47 Å². The zero-order valence-corrected chi connectivity index (χ0v) is 13.9. The first-order chi connectivity index (χ1) is 11.4. The number of nitrogens with zero attached hydrogens (tertiary/aromatic N) is 1. The van der Waals surface area contributed by atoms with Crippen LogP contribution < -0.4 is 0 Å². The summed E-state index contributed by atoms with van der Waals surface area (Å²) < 4.78 is 12.8. The van der Waals surface area contributed by atoms with E-state index in [0.29, 0.717) is 18.0 Å². The van der Waals surface area contributed by atoms with Crippen molar-refractivity contribution < 1.29 is 9.47 Å². The minimum Gasteiger partial charge on any atom is -0.349 e. The predicted octanol–water partition coefficient (Wildman–Crippen LogP) is 3.68. The van der Waals surface area contributed by atoms with Crippen molar-refractivity contribution >= 4 is 0 Å². The smallest absolute Gasteiger partial charge is 0.174 e. The largest absolute Gasteiger partial charge is 0.349 e. The first kappa shape index (κ1) is 14.4. The SMILES string of the molecule is c1ccc2c(c1)CCN1C2CC2(OCCCO2)C2CCCCC21. The third-order valence-corrected chi connectivity index (χ3v) is 6.63. The molecule has 1 aliphatic carbocycles. The summed E-state index contributed by atoms with van der Waals surface area (Å²) >= 11 is 0. The molecule has 2 saturated heterocycles. The molecule has 0 bridgehead atoms. The van der Waals surface area contributed by atoms with Crippen molar-refractivity contribution in [3.8, 4) is 0 Å². The van der Waals surface area contributed by atoms with Gasteiger partial charge in [-0.15, -0.1) is 0 Å². The zero-order valence-electron chi connectivity index (χ0n) is 13.9. The normalized spacial score (nSPS) is 36.1. The monoisotopic (exact) mass is 313 g/mol. The van der Waals surface area contributed by atoms with Crippen LogP contribution in [0.25, 0.3) is 0 Å². The van der Waals surface area contributed by atoms with Crippen LogP contribution in [0.2, 0.25) is 0 Å². The Kier molecular flexibility index (Phi) is 3.50. The average molecular weight is 313 g/mol.